The molecule has 0 aliphatic heterocycles. The van der Waals surface area contributed by atoms with Gasteiger partial charge in [-0.1, -0.05) is 164 Å². The Morgan fingerprint density at radius 2 is 0.554 bits per heavy atom. The predicted octanol–water partition coefficient (Wildman–Crippen LogP) is 17.9. The molecule has 65 heavy (non-hydrogen) atoms. The van der Waals surface area contributed by atoms with Gasteiger partial charge >= 0.3 is 0 Å². The minimum atomic E-state index is 0.891. The van der Waals surface area contributed by atoms with Crippen LogP contribution in [0.5, 0.6) is 0 Å². The van der Waals surface area contributed by atoms with Crippen LogP contribution in [0.15, 0.2) is 245 Å². The van der Waals surface area contributed by atoms with Gasteiger partial charge in [-0.2, -0.15) is 0 Å². The van der Waals surface area contributed by atoms with Gasteiger partial charge in [0, 0.05) is 49.4 Å². The highest BCUT2D eigenvalue weighted by Gasteiger charge is 2.17. The predicted molar refractivity (Wildman–Crippen MR) is 272 cm³/mol. The van der Waals surface area contributed by atoms with Crippen molar-refractivity contribution in [3.05, 3.63) is 237 Å². The Bertz CT molecular complexity index is 3700. The van der Waals surface area contributed by atoms with Crippen molar-refractivity contribution in [2.45, 2.75) is 0 Å². The molecule has 3 heteroatoms. The average molecular weight is 830 g/mol. The van der Waals surface area contributed by atoms with E-state index < -0.39 is 0 Å². The van der Waals surface area contributed by atoms with Crippen molar-refractivity contribution in [2.75, 3.05) is 4.90 Å². The van der Waals surface area contributed by atoms with Gasteiger partial charge in [0.25, 0.3) is 0 Å². The fourth-order valence-corrected chi connectivity index (χ4v) is 9.71. The van der Waals surface area contributed by atoms with Gasteiger partial charge in [0.05, 0.1) is 0 Å². The van der Waals surface area contributed by atoms with Crippen molar-refractivity contribution >= 4 is 82.5 Å². The van der Waals surface area contributed by atoms with Crippen LogP contribution in [0.1, 0.15) is 0 Å². The SMILES string of the molecule is c1ccc(-c2ccc(-c3ccc(N(c4ccc(-c5ccc6c(c5)oc5c7ccccc7ccc65)cc4)c4ccc(-c5ccc6c(c5)oc5c7ccccc7ccc65)cc4)cc3)cc2)cc1. The van der Waals surface area contributed by atoms with Gasteiger partial charge in [-0.3, -0.25) is 0 Å². The maximum Gasteiger partial charge on any atom is 0.143 e. The number of anilines is 3. The van der Waals surface area contributed by atoms with E-state index >= 15 is 0 Å². The van der Waals surface area contributed by atoms with Crippen LogP contribution in [0.2, 0.25) is 0 Å². The second kappa shape index (κ2) is 15.0. The lowest BCUT2D eigenvalue weighted by Crippen LogP contribution is -2.09. The summed E-state index contributed by atoms with van der Waals surface area (Å²) in [5.41, 5.74) is 16.1. The van der Waals surface area contributed by atoms with Crippen molar-refractivity contribution < 1.29 is 8.83 Å². The Balaban J connectivity index is 0.852. The summed E-state index contributed by atoms with van der Waals surface area (Å²) in [6.45, 7) is 0. The Hall–Kier alpha value is -8.66. The van der Waals surface area contributed by atoms with Crippen molar-refractivity contribution in [2.24, 2.45) is 0 Å². The minimum Gasteiger partial charge on any atom is -0.455 e. The van der Waals surface area contributed by atoms with Gasteiger partial charge in [0.1, 0.15) is 22.3 Å². The van der Waals surface area contributed by atoms with Gasteiger partial charge in [-0.05, 0) is 128 Å². The van der Waals surface area contributed by atoms with Crippen LogP contribution < -0.4 is 4.90 Å². The molecule has 13 aromatic rings. The van der Waals surface area contributed by atoms with Gasteiger partial charge in [-0.25, -0.2) is 0 Å². The van der Waals surface area contributed by atoms with Crippen molar-refractivity contribution in [1.82, 2.24) is 0 Å². The van der Waals surface area contributed by atoms with E-state index in [9.17, 15) is 0 Å². The zero-order chi connectivity index (χ0) is 42.8. The normalized spacial score (nSPS) is 11.7. The molecule has 0 spiro atoms. The topological polar surface area (TPSA) is 29.5 Å². The average Bonchev–Trinajstić information content (AvgIpc) is 3.96. The summed E-state index contributed by atoms with van der Waals surface area (Å²) >= 11 is 0. The first-order valence-electron chi connectivity index (χ1n) is 22.1. The maximum atomic E-state index is 6.55. The molecule has 0 fully saturated rings. The molecule has 13 rings (SSSR count). The monoisotopic (exact) mass is 829 g/mol. The van der Waals surface area contributed by atoms with Crippen LogP contribution in [-0.2, 0) is 0 Å². The lowest BCUT2D eigenvalue weighted by Gasteiger charge is -2.26. The molecule has 0 unspecified atom stereocenters. The third-order valence-electron chi connectivity index (χ3n) is 13.1. The van der Waals surface area contributed by atoms with Crippen LogP contribution >= 0.6 is 0 Å². The van der Waals surface area contributed by atoms with Crippen LogP contribution in [-0.4, -0.2) is 0 Å². The van der Waals surface area contributed by atoms with E-state index in [1.54, 1.807) is 0 Å². The molecule has 0 amide bonds. The highest BCUT2D eigenvalue weighted by molar-refractivity contribution is 6.16. The number of hydrogen-bond acceptors (Lipinski definition) is 3. The smallest absolute Gasteiger partial charge is 0.143 e. The molecule has 11 aromatic carbocycles. The number of nitrogens with zero attached hydrogens (tertiary/aromatic N) is 1. The third-order valence-corrected chi connectivity index (χ3v) is 13.1. The second-order valence-corrected chi connectivity index (χ2v) is 16.9. The third kappa shape index (κ3) is 6.36. The molecule has 304 valence electrons. The molecule has 0 N–H and O–H groups in total. The summed E-state index contributed by atoms with van der Waals surface area (Å²) < 4.78 is 13.1. The molecule has 0 saturated heterocycles. The number of fused-ring (bicyclic) bond motifs is 10. The first kappa shape index (κ1) is 36.9. The molecule has 0 atom stereocenters. The fraction of sp³-hybridized carbons (Fsp3) is 0. The summed E-state index contributed by atoms with van der Waals surface area (Å²) in [4.78, 5) is 2.33. The molecule has 2 heterocycles. The zero-order valence-electron chi connectivity index (χ0n) is 35.3. The summed E-state index contributed by atoms with van der Waals surface area (Å²) in [5, 5.41) is 9.16. The molecule has 0 bridgehead atoms. The van der Waals surface area contributed by atoms with Crippen molar-refractivity contribution in [1.29, 1.82) is 0 Å². The Morgan fingerprint density at radius 1 is 0.231 bits per heavy atom. The van der Waals surface area contributed by atoms with Gasteiger partial charge in [-0.15, -0.1) is 0 Å². The van der Waals surface area contributed by atoms with Gasteiger partial charge in [0.15, 0.2) is 0 Å². The zero-order valence-corrected chi connectivity index (χ0v) is 35.3. The highest BCUT2D eigenvalue weighted by atomic mass is 16.3. The molecule has 3 nitrogen and oxygen atoms in total. The fourth-order valence-electron chi connectivity index (χ4n) is 9.71. The standard InChI is InChI=1S/C62H39NO2/c1-2-8-40(9-3-1)41-14-16-42(17-15-41)43-18-28-50(29-19-43)63(51-30-20-44(21-31-51)48-26-34-55-57-36-24-46-10-4-6-12-53(46)61(57)64-59(55)38-48)52-32-22-45(23-33-52)49-27-35-56-58-37-25-47-11-5-7-13-54(47)62(58)65-60(56)39-49/h1-39H. The molecule has 0 radical (unpaired) electrons. The van der Waals surface area contributed by atoms with Crippen molar-refractivity contribution in [3.63, 3.8) is 0 Å². The molecular formula is C62H39NO2. The Kier molecular flexibility index (Phi) is 8.53. The number of furan rings is 2. The van der Waals surface area contributed by atoms with E-state index in [4.69, 9.17) is 8.83 Å². The van der Waals surface area contributed by atoms with Gasteiger partial charge in [0.2, 0.25) is 0 Å². The molecule has 0 saturated carbocycles. The van der Waals surface area contributed by atoms with E-state index in [1.165, 1.54) is 33.0 Å². The highest BCUT2D eigenvalue weighted by Crippen LogP contribution is 2.41. The summed E-state index contributed by atoms with van der Waals surface area (Å²) in [6, 6.07) is 84.6. The first-order chi connectivity index (χ1) is 32.2. The largest absolute Gasteiger partial charge is 0.455 e. The molecular weight excluding hydrogens is 791 g/mol. The van der Waals surface area contributed by atoms with E-state index in [-0.39, 0.29) is 0 Å². The van der Waals surface area contributed by atoms with Gasteiger partial charge < -0.3 is 13.7 Å². The second-order valence-electron chi connectivity index (χ2n) is 16.9. The maximum absolute atomic E-state index is 6.55. The quantitative estimate of drug-likeness (QED) is 0.160. The van der Waals surface area contributed by atoms with Crippen LogP contribution in [0.25, 0.3) is 110 Å². The lowest BCUT2D eigenvalue weighted by molar-refractivity contribution is 0.672. The van der Waals surface area contributed by atoms with E-state index in [1.807, 2.05) is 0 Å². The van der Waals surface area contributed by atoms with E-state index in [0.717, 1.165) is 94.0 Å². The van der Waals surface area contributed by atoms with Crippen molar-refractivity contribution in [3.8, 4) is 44.5 Å². The molecule has 2 aromatic heterocycles. The molecule has 0 aliphatic rings. The van der Waals surface area contributed by atoms with E-state index in [0.29, 0.717) is 0 Å². The lowest BCUT2D eigenvalue weighted by atomic mass is 9.99. The number of hydrogen-bond donors (Lipinski definition) is 0. The Labute approximate surface area is 375 Å². The summed E-state index contributed by atoms with van der Waals surface area (Å²) in [7, 11) is 0. The number of benzene rings is 11. The van der Waals surface area contributed by atoms with Crippen LogP contribution in [0.3, 0.4) is 0 Å². The van der Waals surface area contributed by atoms with Crippen LogP contribution in [0.4, 0.5) is 17.1 Å². The molecule has 0 aliphatic carbocycles. The first-order valence-corrected chi connectivity index (χ1v) is 22.1. The van der Waals surface area contributed by atoms with Crippen LogP contribution in [0, 0.1) is 0 Å². The van der Waals surface area contributed by atoms with E-state index in [2.05, 4.69) is 241 Å². The number of rotatable bonds is 7. The Morgan fingerprint density at radius 3 is 0.985 bits per heavy atom. The summed E-state index contributed by atoms with van der Waals surface area (Å²) in [5.74, 6) is 0. The minimum absolute atomic E-state index is 0.891. The summed E-state index contributed by atoms with van der Waals surface area (Å²) in [6.07, 6.45) is 0.